The van der Waals surface area contributed by atoms with Gasteiger partial charge >= 0.3 is 0 Å². The van der Waals surface area contributed by atoms with Crippen molar-refractivity contribution in [2.75, 3.05) is 0 Å². The highest BCUT2D eigenvalue weighted by molar-refractivity contribution is 6.31. The van der Waals surface area contributed by atoms with Crippen LogP contribution in [0.1, 0.15) is 37.7 Å². The number of nitrogens with zero attached hydrogens (tertiary/aromatic N) is 1. The maximum atomic E-state index is 12.7. The van der Waals surface area contributed by atoms with Crippen LogP contribution in [0.15, 0.2) is 36.5 Å². The quantitative estimate of drug-likeness (QED) is 0.530. The highest BCUT2D eigenvalue weighted by Gasteiger charge is 2.34. The summed E-state index contributed by atoms with van der Waals surface area (Å²) in [5.74, 6) is -0.353. The summed E-state index contributed by atoms with van der Waals surface area (Å²) in [4.78, 5) is 32.3. The first-order valence-electron chi connectivity index (χ1n) is 6.33. The Kier molecular flexibility index (Phi) is 2.02. The summed E-state index contributed by atoms with van der Waals surface area (Å²) in [5.41, 5.74) is 3.11. The molecule has 0 amide bonds. The molecule has 0 bridgehead atoms. The summed E-state index contributed by atoms with van der Waals surface area (Å²) < 4.78 is 0. The van der Waals surface area contributed by atoms with Gasteiger partial charge in [0, 0.05) is 17.1 Å². The van der Waals surface area contributed by atoms with Crippen LogP contribution in [0.25, 0.3) is 10.9 Å². The van der Waals surface area contributed by atoms with E-state index in [4.69, 9.17) is 0 Å². The molecule has 1 aliphatic rings. The van der Waals surface area contributed by atoms with Crippen LogP contribution in [-0.4, -0.2) is 21.5 Å². The molecule has 4 heteroatoms. The molecule has 0 radical (unpaired) electrons. The molecule has 0 unspecified atom stereocenters. The zero-order valence-corrected chi connectivity index (χ0v) is 10.7. The van der Waals surface area contributed by atoms with E-state index >= 15 is 0 Å². The van der Waals surface area contributed by atoms with E-state index in [1.807, 2.05) is 31.2 Å². The lowest BCUT2D eigenvalue weighted by molar-refractivity contribution is 0.0974. The van der Waals surface area contributed by atoms with Crippen molar-refractivity contribution in [1.82, 2.24) is 9.97 Å². The first kappa shape index (κ1) is 11.1. The zero-order valence-electron chi connectivity index (χ0n) is 10.7. The van der Waals surface area contributed by atoms with E-state index in [0.717, 1.165) is 16.5 Å². The van der Waals surface area contributed by atoms with Gasteiger partial charge in [-0.15, -0.1) is 0 Å². The molecule has 2 heterocycles. The molecule has 20 heavy (non-hydrogen) atoms. The van der Waals surface area contributed by atoms with Crippen molar-refractivity contribution in [2.45, 2.75) is 6.92 Å². The number of H-pyrrole nitrogens is 1. The van der Waals surface area contributed by atoms with Crippen LogP contribution < -0.4 is 0 Å². The molecule has 0 saturated carbocycles. The molecule has 4 rings (SSSR count). The van der Waals surface area contributed by atoms with Gasteiger partial charge in [-0.2, -0.15) is 0 Å². The van der Waals surface area contributed by atoms with Gasteiger partial charge in [0.25, 0.3) is 0 Å². The standard InChI is InChI=1S/C16H10N2O2/c1-8-6-10-13(17-7-8)16(20)14-12(15(10)19)9-4-2-3-5-11(9)18-14/h2-7,18H,1H3. The summed E-state index contributed by atoms with van der Waals surface area (Å²) in [6.07, 6.45) is 1.61. The first-order valence-corrected chi connectivity index (χ1v) is 6.33. The second kappa shape index (κ2) is 3.63. The Morgan fingerprint density at radius 3 is 2.75 bits per heavy atom. The van der Waals surface area contributed by atoms with Crippen LogP contribution in [0, 0.1) is 6.92 Å². The fourth-order valence-electron chi connectivity index (χ4n) is 2.72. The lowest BCUT2D eigenvalue weighted by atomic mass is 9.89. The van der Waals surface area contributed by atoms with Gasteiger partial charge in [-0.3, -0.25) is 14.6 Å². The summed E-state index contributed by atoms with van der Waals surface area (Å²) in [6, 6.07) is 9.17. The minimum absolute atomic E-state index is 0.136. The van der Waals surface area contributed by atoms with Gasteiger partial charge in [-0.1, -0.05) is 18.2 Å². The number of fused-ring (bicyclic) bond motifs is 4. The van der Waals surface area contributed by atoms with Crippen molar-refractivity contribution in [3.63, 3.8) is 0 Å². The Labute approximate surface area is 114 Å². The minimum Gasteiger partial charge on any atom is -0.351 e. The highest BCUT2D eigenvalue weighted by Crippen LogP contribution is 2.31. The smallest absolute Gasteiger partial charge is 0.229 e. The molecule has 2 aromatic heterocycles. The van der Waals surface area contributed by atoms with E-state index in [9.17, 15) is 9.59 Å². The Morgan fingerprint density at radius 2 is 1.90 bits per heavy atom. The van der Waals surface area contributed by atoms with Crippen molar-refractivity contribution in [3.8, 4) is 0 Å². The van der Waals surface area contributed by atoms with Crippen molar-refractivity contribution in [3.05, 3.63) is 64.6 Å². The van der Waals surface area contributed by atoms with Crippen molar-refractivity contribution >= 4 is 22.5 Å². The number of hydrogen-bond donors (Lipinski definition) is 1. The molecule has 0 aliphatic heterocycles. The maximum absolute atomic E-state index is 12.7. The van der Waals surface area contributed by atoms with E-state index in [2.05, 4.69) is 9.97 Å². The molecule has 0 atom stereocenters. The fraction of sp³-hybridized carbons (Fsp3) is 0.0625. The van der Waals surface area contributed by atoms with Crippen LogP contribution >= 0.6 is 0 Å². The molecule has 1 aromatic carbocycles. The number of hydrogen-bond acceptors (Lipinski definition) is 3. The van der Waals surface area contributed by atoms with Crippen LogP contribution in [0.2, 0.25) is 0 Å². The first-order chi connectivity index (χ1) is 9.66. The largest absolute Gasteiger partial charge is 0.351 e. The summed E-state index contributed by atoms with van der Waals surface area (Å²) >= 11 is 0. The van der Waals surface area contributed by atoms with Crippen LogP contribution in [0.3, 0.4) is 0 Å². The lowest BCUT2D eigenvalue weighted by Gasteiger charge is -2.13. The molecule has 1 aliphatic carbocycles. The molecule has 1 N–H and O–H groups in total. The summed E-state index contributed by atoms with van der Waals surface area (Å²) in [6.45, 7) is 1.86. The number of para-hydroxylation sites is 1. The summed E-state index contributed by atoms with van der Waals surface area (Å²) in [5, 5.41) is 0.785. The number of aromatic nitrogens is 2. The topological polar surface area (TPSA) is 62.8 Å². The number of rotatable bonds is 0. The highest BCUT2D eigenvalue weighted by atomic mass is 16.1. The monoisotopic (exact) mass is 262 g/mol. The predicted octanol–water partition coefficient (Wildman–Crippen LogP) is 2.65. The number of aryl methyl sites for hydroxylation is 1. The van der Waals surface area contributed by atoms with Gasteiger partial charge in [0.2, 0.25) is 5.78 Å². The summed E-state index contributed by atoms with van der Waals surface area (Å²) in [7, 11) is 0. The van der Waals surface area contributed by atoms with Gasteiger partial charge in [-0.25, -0.2) is 0 Å². The Balaban J connectivity index is 2.11. The Morgan fingerprint density at radius 1 is 1.10 bits per heavy atom. The second-order valence-corrected chi connectivity index (χ2v) is 4.99. The van der Waals surface area contributed by atoms with Crippen LogP contribution in [-0.2, 0) is 0 Å². The van der Waals surface area contributed by atoms with Crippen molar-refractivity contribution in [2.24, 2.45) is 0 Å². The van der Waals surface area contributed by atoms with E-state index in [1.165, 1.54) is 0 Å². The van der Waals surface area contributed by atoms with E-state index in [-0.39, 0.29) is 17.3 Å². The number of pyridine rings is 1. The van der Waals surface area contributed by atoms with Gasteiger partial charge in [0.15, 0.2) is 5.78 Å². The molecular weight excluding hydrogens is 252 g/mol. The number of benzene rings is 1. The number of ketones is 2. The third kappa shape index (κ3) is 1.28. The number of carbonyl (C=O) groups is 2. The number of aromatic amines is 1. The van der Waals surface area contributed by atoms with Gasteiger partial charge in [-0.05, 0) is 24.6 Å². The average Bonchev–Trinajstić information content (AvgIpc) is 2.84. The maximum Gasteiger partial charge on any atom is 0.229 e. The van der Waals surface area contributed by atoms with Crippen molar-refractivity contribution < 1.29 is 9.59 Å². The van der Waals surface area contributed by atoms with E-state index < -0.39 is 0 Å². The molecular formula is C16H10N2O2. The molecule has 96 valence electrons. The lowest BCUT2D eigenvalue weighted by Crippen LogP contribution is -2.21. The minimum atomic E-state index is -0.217. The zero-order chi connectivity index (χ0) is 13.9. The second-order valence-electron chi connectivity index (χ2n) is 4.99. The molecule has 4 nitrogen and oxygen atoms in total. The average molecular weight is 262 g/mol. The normalized spacial score (nSPS) is 13.4. The SMILES string of the molecule is Cc1cnc2c(c1)C(=O)c1c([nH]c3ccccc13)C2=O. The van der Waals surface area contributed by atoms with Gasteiger partial charge in [0.05, 0.1) is 11.1 Å². The van der Waals surface area contributed by atoms with Gasteiger partial charge in [0.1, 0.15) is 11.4 Å². The van der Waals surface area contributed by atoms with Gasteiger partial charge < -0.3 is 4.98 Å². The van der Waals surface area contributed by atoms with E-state index in [0.29, 0.717) is 16.8 Å². The van der Waals surface area contributed by atoms with E-state index in [1.54, 1.807) is 12.3 Å². The number of carbonyl (C=O) groups excluding carboxylic acids is 2. The predicted molar refractivity (Wildman–Crippen MR) is 74.1 cm³/mol. The third-order valence-corrected chi connectivity index (χ3v) is 3.64. The van der Waals surface area contributed by atoms with Crippen LogP contribution in [0.5, 0.6) is 0 Å². The van der Waals surface area contributed by atoms with Crippen LogP contribution in [0.4, 0.5) is 0 Å². The van der Waals surface area contributed by atoms with Crippen molar-refractivity contribution in [1.29, 1.82) is 0 Å². The molecule has 0 fully saturated rings. The molecule has 0 spiro atoms. The fourth-order valence-corrected chi connectivity index (χ4v) is 2.72. The number of nitrogens with one attached hydrogen (secondary N) is 1. The molecule has 3 aromatic rings. The Bertz CT molecular complexity index is 906. The third-order valence-electron chi connectivity index (χ3n) is 3.64. The molecule has 0 saturated heterocycles. The Hall–Kier alpha value is -2.75.